The summed E-state index contributed by atoms with van der Waals surface area (Å²) in [5.74, 6) is 0.863. The number of ether oxygens (including phenoxy) is 1. The fraction of sp³-hybridized carbons (Fsp3) is 0.500. The van der Waals surface area contributed by atoms with Gasteiger partial charge in [-0.3, -0.25) is 4.79 Å². The Kier molecular flexibility index (Phi) is 4.59. The van der Waals surface area contributed by atoms with Crippen molar-refractivity contribution in [1.82, 2.24) is 0 Å². The molecule has 1 aliphatic rings. The average Bonchev–Trinajstić information content (AvgIpc) is 2.40. The van der Waals surface area contributed by atoms with E-state index in [2.05, 4.69) is 0 Å². The number of hydrogen-bond donors (Lipinski definition) is 2. The van der Waals surface area contributed by atoms with Gasteiger partial charge in [-0.05, 0) is 12.1 Å². The Morgan fingerprint density at radius 2 is 1.94 bits per heavy atom. The zero-order valence-corrected chi connectivity index (χ0v) is 10.6. The molecule has 0 saturated carbocycles. The molecule has 18 heavy (non-hydrogen) atoms. The first kappa shape index (κ1) is 12.9. The highest BCUT2D eigenvalue weighted by Crippen LogP contribution is 2.09. The summed E-state index contributed by atoms with van der Waals surface area (Å²) in [4.78, 5) is 12.6. The smallest absolute Gasteiger partial charge is 0.220 e. The van der Waals surface area contributed by atoms with E-state index in [1.807, 2.05) is 30.3 Å². The minimum Gasteiger partial charge on any atom is -0.488 e. The first-order valence-corrected chi connectivity index (χ1v) is 6.56. The summed E-state index contributed by atoms with van der Waals surface area (Å²) in [6.07, 6.45) is 1.83. The molecule has 0 bridgehead atoms. The minimum atomic E-state index is -0.144. The van der Waals surface area contributed by atoms with Crippen LogP contribution >= 0.6 is 0 Å². The molecule has 2 rings (SSSR count). The number of carbonyl (C=O) groups excluding carboxylic acids is 1. The highest BCUT2D eigenvalue weighted by molar-refractivity contribution is 5.76. The van der Waals surface area contributed by atoms with Gasteiger partial charge in [0, 0.05) is 18.8 Å². The van der Waals surface area contributed by atoms with Gasteiger partial charge in [-0.1, -0.05) is 18.2 Å². The molecular weight excluding hydrogens is 228 g/mol. The van der Waals surface area contributed by atoms with Crippen LogP contribution in [0.5, 0.6) is 5.75 Å². The second kappa shape index (κ2) is 6.40. The predicted molar refractivity (Wildman–Crippen MR) is 69.4 cm³/mol. The largest absolute Gasteiger partial charge is 0.488 e. The van der Waals surface area contributed by atoms with E-state index in [0.717, 1.165) is 44.8 Å². The van der Waals surface area contributed by atoms with Crippen LogP contribution < -0.4 is 15.4 Å². The highest BCUT2D eigenvalue weighted by Gasteiger charge is 2.25. The van der Waals surface area contributed by atoms with Gasteiger partial charge in [0.05, 0.1) is 13.1 Å². The van der Waals surface area contributed by atoms with E-state index in [1.165, 1.54) is 4.90 Å². The van der Waals surface area contributed by atoms with Crippen molar-refractivity contribution in [1.29, 1.82) is 0 Å². The molecule has 0 aromatic heterocycles. The lowest BCUT2D eigenvalue weighted by molar-refractivity contribution is -0.905. The molecule has 4 nitrogen and oxygen atoms in total. The van der Waals surface area contributed by atoms with Gasteiger partial charge in [-0.15, -0.1) is 0 Å². The van der Waals surface area contributed by atoms with Gasteiger partial charge in [0.2, 0.25) is 5.91 Å². The average molecular weight is 249 g/mol. The van der Waals surface area contributed by atoms with E-state index in [-0.39, 0.29) is 11.8 Å². The fourth-order valence-electron chi connectivity index (χ4n) is 2.39. The number of nitrogens with one attached hydrogen (secondary N) is 1. The molecule has 98 valence electrons. The fourth-order valence-corrected chi connectivity index (χ4v) is 2.39. The molecule has 1 aromatic carbocycles. The highest BCUT2D eigenvalue weighted by atomic mass is 16.5. The van der Waals surface area contributed by atoms with Crippen LogP contribution in [0.4, 0.5) is 0 Å². The van der Waals surface area contributed by atoms with Crippen molar-refractivity contribution in [3.05, 3.63) is 30.3 Å². The van der Waals surface area contributed by atoms with Crippen molar-refractivity contribution in [2.75, 3.05) is 26.2 Å². The normalized spacial score (nSPS) is 23.6. The van der Waals surface area contributed by atoms with Crippen molar-refractivity contribution in [2.45, 2.75) is 12.8 Å². The van der Waals surface area contributed by atoms with Gasteiger partial charge in [0.15, 0.2) is 0 Å². The van der Waals surface area contributed by atoms with Crippen molar-refractivity contribution >= 4 is 5.91 Å². The van der Waals surface area contributed by atoms with Crippen LogP contribution in [-0.4, -0.2) is 32.1 Å². The molecule has 1 fully saturated rings. The lowest BCUT2D eigenvalue weighted by Gasteiger charge is -2.27. The maximum absolute atomic E-state index is 11.0. The zero-order valence-electron chi connectivity index (χ0n) is 10.6. The molecule has 0 atom stereocenters. The number of rotatable bonds is 5. The van der Waals surface area contributed by atoms with Crippen LogP contribution in [0.3, 0.4) is 0 Å². The first-order valence-electron chi connectivity index (χ1n) is 6.56. The van der Waals surface area contributed by atoms with Crippen molar-refractivity contribution in [3.63, 3.8) is 0 Å². The Morgan fingerprint density at radius 3 is 2.56 bits per heavy atom. The molecule has 0 radical (unpaired) electrons. The number of amides is 1. The van der Waals surface area contributed by atoms with Crippen LogP contribution in [0.2, 0.25) is 0 Å². The summed E-state index contributed by atoms with van der Waals surface area (Å²) in [6, 6.07) is 9.86. The van der Waals surface area contributed by atoms with Gasteiger partial charge in [0.25, 0.3) is 0 Å². The van der Waals surface area contributed by atoms with Crippen LogP contribution in [0.1, 0.15) is 12.8 Å². The van der Waals surface area contributed by atoms with E-state index in [1.54, 1.807) is 0 Å². The lowest BCUT2D eigenvalue weighted by Crippen LogP contribution is -3.13. The number of nitrogens with two attached hydrogens (primary N) is 1. The second-order valence-corrected chi connectivity index (χ2v) is 4.84. The van der Waals surface area contributed by atoms with Crippen LogP contribution in [0.15, 0.2) is 30.3 Å². The number of primary amides is 1. The number of likely N-dealkylation sites (tertiary alicyclic amines) is 1. The van der Waals surface area contributed by atoms with E-state index < -0.39 is 0 Å². The third kappa shape index (κ3) is 3.74. The maximum atomic E-state index is 11.0. The molecule has 0 aliphatic carbocycles. The number of piperidine rings is 1. The molecule has 1 heterocycles. The Morgan fingerprint density at radius 1 is 1.28 bits per heavy atom. The molecular formula is C14H21N2O2+. The summed E-state index contributed by atoms with van der Waals surface area (Å²) < 4.78 is 5.67. The number of para-hydroxylation sites is 1. The third-order valence-corrected chi connectivity index (χ3v) is 3.56. The van der Waals surface area contributed by atoms with Gasteiger partial charge in [-0.2, -0.15) is 0 Å². The van der Waals surface area contributed by atoms with Crippen LogP contribution in [0, 0.1) is 5.92 Å². The predicted octanol–water partition coefficient (Wildman–Crippen LogP) is -0.154. The van der Waals surface area contributed by atoms with Crippen LogP contribution in [0.25, 0.3) is 0 Å². The summed E-state index contributed by atoms with van der Waals surface area (Å²) in [5, 5.41) is 0. The Labute approximate surface area is 108 Å². The number of carbonyl (C=O) groups is 1. The molecule has 3 N–H and O–H groups in total. The molecule has 1 saturated heterocycles. The minimum absolute atomic E-state index is 0.0868. The summed E-state index contributed by atoms with van der Waals surface area (Å²) in [6.45, 7) is 3.75. The molecule has 1 aromatic rings. The summed E-state index contributed by atoms with van der Waals surface area (Å²) in [7, 11) is 0. The third-order valence-electron chi connectivity index (χ3n) is 3.56. The molecule has 4 heteroatoms. The first-order chi connectivity index (χ1) is 8.75. The van der Waals surface area contributed by atoms with E-state index in [9.17, 15) is 4.79 Å². The Bertz CT molecular complexity index is 373. The van der Waals surface area contributed by atoms with Crippen molar-refractivity contribution < 1.29 is 14.4 Å². The van der Waals surface area contributed by atoms with Gasteiger partial charge < -0.3 is 15.4 Å². The zero-order chi connectivity index (χ0) is 12.8. The van der Waals surface area contributed by atoms with Gasteiger partial charge in [-0.25, -0.2) is 0 Å². The lowest BCUT2D eigenvalue weighted by atomic mass is 9.96. The topological polar surface area (TPSA) is 56.8 Å². The number of quaternary nitrogens is 1. The summed E-state index contributed by atoms with van der Waals surface area (Å²) in [5.41, 5.74) is 5.32. The van der Waals surface area contributed by atoms with Crippen molar-refractivity contribution in [2.24, 2.45) is 11.7 Å². The van der Waals surface area contributed by atoms with Gasteiger partial charge in [0.1, 0.15) is 18.9 Å². The molecule has 0 spiro atoms. The van der Waals surface area contributed by atoms with Crippen LogP contribution in [-0.2, 0) is 4.79 Å². The van der Waals surface area contributed by atoms with E-state index in [0.29, 0.717) is 0 Å². The molecule has 0 unspecified atom stereocenters. The van der Waals surface area contributed by atoms with E-state index in [4.69, 9.17) is 10.5 Å². The molecule has 1 aliphatic heterocycles. The van der Waals surface area contributed by atoms with Crippen molar-refractivity contribution in [3.8, 4) is 5.75 Å². The van der Waals surface area contributed by atoms with E-state index >= 15 is 0 Å². The summed E-state index contributed by atoms with van der Waals surface area (Å²) >= 11 is 0. The number of hydrogen-bond acceptors (Lipinski definition) is 2. The maximum Gasteiger partial charge on any atom is 0.220 e. The SMILES string of the molecule is NC(=O)C1CC[NH+](CCOc2ccccc2)CC1. The van der Waals surface area contributed by atoms with Gasteiger partial charge >= 0.3 is 0 Å². The number of benzene rings is 1. The monoisotopic (exact) mass is 249 g/mol. The molecule has 1 amide bonds. The quantitative estimate of drug-likeness (QED) is 0.762. The Balaban J connectivity index is 1.65. The second-order valence-electron chi connectivity index (χ2n) is 4.84. The Hall–Kier alpha value is -1.55. The standard InChI is InChI=1S/C14H20N2O2/c15-14(17)12-6-8-16(9-7-12)10-11-18-13-4-2-1-3-5-13/h1-5,12H,6-11H2,(H2,15,17)/p+1.